The molecule has 1 aromatic heterocycles. The second-order valence-corrected chi connectivity index (χ2v) is 5.87. The van der Waals surface area contributed by atoms with Gasteiger partial charge in [0.1, 0.15) is 10.8 Å². The summed E-state index contributed by atoms with van der Waals surface area (Å²) in [6.07, 6.45) is 0. The molecule has 0 unspecified atom stereocenters. The zero-order valence-electron chi connectivity index (χ0n) is 13.0. The lowest BCUT2D eigenvalue weighted by Crippen LogP contribution is -2.12. The largest absolute Gasteiger partial charge is 0.496 e. The highest BCUT2D eigenvalue weighted by Gasteiger charge is 2.13. The van der Waals surface area contributed by atoms with Crippen LogP contribution in [0.15, 0.2) is 18.2 Å². The average Bonchev–Trinajstić information content (AvgIpc) is 2.88. The smallest absolute Gasteiger partial charge is 0.124 e. The number of hydrogen-bond acceptors (Lipinski definition) is 5. The Morgan fingerprint density at radius 1 is 1.29 bits per heavy atom. The Balaban J connectivity index is 2.32. The molecule has 0 saturated heterocycles. The van der Waals surface area contributed by atoms with E-state index in [2.05, 4.69) is 24.4 Å². The molecule has 0 aliphatic heterocycles. The van der Waals surface area contributed by atoms with Crippen molar-refractivity contribution in [2.75, 3.05) is 20.8 Å². The van der Waals surface area contributed by atoms with E-state index >= 15 is 0 Å². The third-order valence-corrected chi connectivity index (χ3v) is 4.38. The number of thiazole rings is 1. The van der Waals surface area contributed by atoms with Crippen LogP contribution in [0.2, 0.25) is 0 Å². The lowest BCUT2D eigenvalue weighted by Gasteiger charge is -2.05. The molecule has 0 atom stereocenters. The Bertz CT molecular complexity index is 596. The summed E-state index contributed by atoms with van der Waals surface area (Å²) in [6.45, 7) is 6.48. The standard InChI is InChI=1S/C16H22N2O2S/c1-5-17-9-15-13(10-19-3)18-16(21-15)12-6-7-14(20-4)11(2)8-12/h6-8,17H,5,9-10H2,1-4H3. The topological polar surface area (TPSA) is 43.4 Å². The van der Waals surface area contributed by atoms with E-state index in [-0.39, 0.29) is 0 Å². The second-order valence-electron chi connectivity index (χ2n) is 4.79. The van der Waals surface area contributed by atoms with Crippen molar-refractivity contribution in [3.63, 3.8) is 0 Å². The van der Waals surface area contributed by atoms with Crippen LogP contribution in [0.3, 0.4) is 0 Å². The van der Waals surface area contributed by atoms with Crippen molar-refractivity contribution in [1.29, 1.82) is 0 Å². The minimum Gasteiger partial charge on any atom is -0.496 e. The maximum absolute atomic E-state index is 5.31. The Morgan fingerprint density at radius 3 is 2.71 bits per heavy atom. The summed E-state index contributed by atoms with van der Waals surface area (Å²) in [5.41, 5.74) is 3.26. The molecule has 0 aliphatic rings. The highest BCUT2D eigenvalue weighted by molar-refractivity contribution is 7.15. The Morgan fingerprint density at radius 2 is 2.10 bits per heavy atom. The first-order valence-corrected chi connectivity index (χ1v) is 7.84. The fourth-order valence-electron chi connectivity index (χ4n) is 2.14. The highest BCUT2D eigenvalue weighted by atomic mass is 32.1. The Hall–Kier alpha value is -1.43. The SMILES string of the molecule is CCNCc1sc(-c2ccc(OC)c(C)c2)nc1COC. The summed E-state index contributed by atoms with van der Waals surface area (Å²) < 4.78 is 10.6. The molecule has 21 heavy (non-hydrogen) atoms. The zero-order valence-corrected chi connectivity index (χ0v) is 13.8. The first kappa shape index (κ1) is 15.9. The number of aromatic nitrogens is 1. The molecule has 0 saturated carbocycles. The van der Waals surface area contributed by atoms with Crippen LogP contribution in [0.1, 0.15) is 23.1 Å². The molecule has 1 N–H and O–H groups in total. The molecule has 1 aromatic carbocycles. The zero-order chi connectivity index (χ0) is 15.2. The molecule has 1 heterocycles. The van der Waals surface area contributed by atoms with E-state index in [0.717, 1.165) is 40.7 Å². The van der Waals surface area contributed by atoms with Crippen LogP contribution in [-0.4, -0.2) is 25.7 Å². The highest BCUT2D eigenvalue weighted by Crippen LogP contribution is 2.31. The van der Waals surface area contributed by atoms with E-state index in [9.17, 15) is 0 Å². The monoisotopic (exact) mass is 306 g/mol. The third kappa shape index (κ3) is 3.81. The van der Waals surface area contributed by atoms with Gasteiger partial charge in [0.15, 0.2) is 0 Å². The predicted octanol–water partition coefficient (Wildman–Crippen LogP) is 3.38. The number of benzene rings is 1. The number of methoxy groups -OCH3 is 2. The molecule has 2 aromatic rings. The van der Waals surface area contributed by atoms with Crippen LogP contribution in [0.5, 0.6) is 5.75 Å². The molecule has 0 aliphatic carbocycles. The summed E-state index contributed by atoms with van der Waals surface area (Å²) in [5, 5.41) is 4.38. The number of rotatable bonds is 7. The van der Waals surface area contributed by atoms with Crippen molar-refractivity contribution in [2.45, 2.75) is 27.0 Å². The molecule has 5 heteroatoms. The van der Waals surface area contributed by atoms with Gasteiger partial charge >= 0.3 is 0 Å². The van der Waals surface area contributed by atoms with Gasteiger partial charge in [0.05, 0.1) is 19.4 Å². The first-order chi connectivity index (χ1) is 10.2. The van der Waals surface area contributed by atoms with Gasteiger partial charge in [-0.3, -0.25) is 0 Å². The normalized spacial score (nSPS) is 10.9. The van der Waals surface area contributed by atoms with Gasteiger partial charge in [-0.05, 0) is 37.2 Å². The maximum Gasteiger partial charge on any atom is 0.124 e. The van der Waals surface area contributed by atoms with E-state index in [1.54, 1.807) is 25.6 Å². The minimum atomic E-state index is 0.548. The first-order valence-electron chi connectivity index (χ1n) is 7.02. The van der Waals surface area contributed by atoms with E-state index < -0.39 is 0 Å². The number of aryl methyl sites for hydroxylation is 1. The van der Waals surface area contributed by atoms with Gasteiger partial charge in [-0.15, -0.1) is 11.3 Å². The predicted molar refractivity (Wildman–Crippen MR) is 86.9 cm³/mol. The lowest BCUT2D eigenvalue weighted by molar-refractivity contribution is 0.181. The molecular formula is C16H22N2O2S. The molecule has 0 radical (unpaired) electrons. The number of nitrogens with zero attached hydrogens (tertiary/aromatic N) is 1. The summed E-state index contributed by atoms with van der Waals surface area (Å²) in [6, 6.07) is 6.16. The van der Waals surface area contributed by atoms with Crippen molar-refractivity contribution in [2.24, 2.45) is 0 Å². The van der Waals surface area contributed by atoms with E-state index in [4.69, 9.17) is 14.5 Å². The molecule has 4 nitrogen and oxygen atoms in total. The van der Waals surface area contributed by atoms with Gasteiger partial charge in [0.25, 0.3) is 0 Å². The molecular weight excluding hydrogens is 284 g/mol. The fraction of sp³-hybridized carbons (Fsp3) is 0.438. The van der Waals surface area contributed by atoms with Crippen LogP contribution in [0, 0.1) is 6.92 Å². The van der Waals surface area contributed by atoms with Gasteiger partial charge in [0.2, 0.25) is 0 Å². The van der Waals surface area contributed by atoms with Gasteiger partial charge in [-0.2, -0.15) is 0 Å². The van der Waals surface area contributed by atoms with Gasteiger partial charge in [-0.25, -0.2) is 4.98 Å². The van der Waals surface area contributed by atoms with Crippen molar-refractivity contribution < 1.29 is 9.47 Å². The summed E-state index contributed by atoms with van der Waals surface area (Å²) in [7, 11) is 3.39. The van der Waals surface area contributed by atoms with E-state index in [1.165, 1.54) is 4.88 Å². The second kappa shape index (κ2) is 7.54. The van der Waals surface area contributed by atoms with Gasteiger partial charge < -0.3 is 14.8 Å². The molecule has 114 valence electrons. The van der Waals surface area contributed by atoms with Crippen molar-refractivity contribution in [3.05, 3.63) is 34.3 Å². The number of hydrogen-bond donors (Lipinski definition) is 1. The molecule has 0 spiro atoms. The number of ether oxygens (including phenoxy) is 2. The van der Waals surface area contributed by atoms with Crippen LogP contribution in [-0.2, 0) is 17.9 Å². The van der Waals surface area contributed by atoms with Crippen molar-refractivity contribution >= 4 is 11.3 Å². The minimum absolute atomic E-state index is 0.548. The van der Waals surface area contributed by atoms with Crippen molar-refractivity contribution in [3.8, 4) is 16.3 Å². The van der Waals surface area contributed by atoms with Crippen LogP contribution >= 0.6 is 11.3 Å². The molecule has 0 amide bonds. The van der Waals surface area contributed by atoms with Gasteiger partial charge in [-0.1, -0.05) is 6.92 Å². The molecule has 2 rings (SSSR count). The Labute approximate surface area is 130 Å². The van der Waals surface area contributed by atoms with Crippen LogP contribution < -0.4 is 10.1 Å². The van der Waals surface area contributed by atoms with Crippen LogP contribution in [0.25, 0.3) is 10.6 Å². The Kier molecular flexibility index (Phi) is 5.73. The summed E-state index contributed by atoms with van der Waals surface area (Å²) in [4.78, 5) is 5.97. The van der Waals surface area contributed by atoms with Crippen LogP contribution in [0.4, 0.5) is 0 Å². The molecule has 0 fully saturated rings. The fourth-order valence-corrected chi connectivity index (χ4v) is 3.18. The summed E-state index contributed by atoms with van der Waals surface area (Å²) in [5.74, 6) is 0.903. The summed E-state index contributed by atoms with van der Waals surface area (Å²) >= 11 is 1.72. The lowest BCUT2D eigenvalue weighted by atomic mass is 10.1. The van der Waals surface area contributed by atoms with Crippen molar-refractivity contribution in [1.82, 2.24) is 10.3 Å². The number of nitrogens with one attached hydrogen (secondary N) is 1. The quantitative estimate of drug-likeness (QED) is 0.851. The molecule has 0 bridgehead atoms. The van der Waals surface area contributed by atoms with E-state index in [1.807, 2.05) is 13.0 Å². The average molecular weight is 306 g/mol. The van der Waals surface area contributed by atoms with E-state index in [0.29, 0.717) is 6.61 Å². The maximum atomic E-state index is 5.31. The third-order valence-electron chi connectivity index (χ3n) is 3.24. The van der Waals surface area contributed by atoms with Gasteiger partial charge in [0, 0.05) is 24.1 Å².